The van der Waals surface area contributed by atoms with Crippen LogP contribution in [0.1, 0.15) is 6.42 Å². The summed E-state index contributed by atoms with van der Waals surface area (Å²) in [6.07, 6.45) is 10.2. The number of imidazole rings is 1. The third kappa shape index (κ3) is 3.18. The van der Waals surface area contributed by atoms with Crippen LogP contribution in [0.25, 0.3) is 5.65 Å². The topological polar surface area (TPSA) is 72.9 Å². The number of thioether (sulfide) groups is 1. The van der Waals surface area contributed by atoms with Gasteiger partial charge in [-0.25, -0.2) is 9.97 Å². The van der Waals surface area contributed by atoms with Crippen molar-refractivity contribution in [3.8, 4) is 0 Å². The summed E-state index contributed by atoms with van der Waals surface area (Å²) in [4.78, 5) is 12.9. The normalized spacial score (nSPS) is 11.1. The summed E-state index contributed by atoms with van der Waals surface area (Å²) in [5.41, 5.74) is 0.770. The van der Waals surface area contributed by atoms with Crippen molar-refractivity contribution in [2.24, 2.45) is 0 Å². The van der Waals surface area contributed by atoms with E-state index in [-0.39, 0.29) is 0 Å². The maximum absolute atomic E-state index is 4.47. The molecule has 7 nitrogen and oxygen atoms in total. The highest BCUT2D eigenvalue weighted by atomic mass is 79.9. The molecule has 0 bridgehead atoms. The Balaban J connectivity index is 1.70. The Hall–Kier alpha value is -1.61. The quantitative estimate of drug-likeness (QED) is 0.532. The number of rotatable bonds is 6. The number of hydrogen-bond acceptors (Lipinski definition) is 6. The number of aromatic nitrogens is 6. The van der Waals surface area contributed by atoms with Crippen LogP contribution in [0, 0.1) is 0 Å². The second-order valence-corrected chi connectivity index (χ2v) is 5.97. The van der Waals surface area contributed by atoms with Crippen molar-refractivity contribution in [3.05, 3.63) is 29.4 Å². The van der Waals surface area contributed by atoms with E-state index >= 15 is 0 Å². The van der Waals surface area contributed by atoms with Crippen molar-refractivity contribution in [1.82, 2.24) is 29.1 Å². The Morgan fingerprint density at radius 2 is 2.29 bits per heavy atom. The average molecular weight is 368 g/mol. The summed E-state index contributed by atoms with van der Waals surface area (Å²) in [5.74, 6) is 0.709. The second kappa shape index (κ2) is 6.44. The van der Waals surface area contributed by atoms with Gasteiger partial charge in [0.25, 0.3) is 0 Å². The Morgan fingerprint density at radius 3 is 3.05 bits per heavy atom. The summed E-state index contributed by atoms with van der Waals surface area (Å²) < 4.78 is 4.62. The highest BCUT2D eigenvalue weighted by Gasteiger charge is 2.10. The van der Waals surface area contributed by atoms with Crippen molar-refractivity contribution >= 4 is 39.3 Å². The fraction of sp³-hybridized carbons (Fsp3) is 0.333. The minimum atomic E-state index is 0.709. The molecule has 0 aliphatic rings. The minimum absolute atomic E-state index is 0.709. The van der Waals surface area contributed by atoms with Crippen LogP contribution in [-0.2, 0) is 6.54 Å². The molecule has 3 aromatic heterocycles. The van der Waals surface area contributed by atoms with Crippen LogP contribution >= 0.6 is 27.7 Å². The number of halogens is 1. The zero-order valence-electron chi connectivity index (χ0n) is 11.4. The lowest BCUT2D eigenvalue weighted by Crippen LogP contribution is -2.12. The lowest BCUT2D eigenvalue weighted by atomic mass is 10.4. The smallest absolute Gasteiger partial charge is 0.228 e. The molecule has 0 aromatic carbocycles. The van der Waals surface area contributed by atoms with Gasteiger partial charge in [-0.1, -0.05) is 11.8 Å². The molecule has 3 rings (SSSR count). The van der Waals surface area contributed by atoms with Gasteiger partial charge in [0, 0.05) is 25.5 Å². The maximum atomic E-state index is 4.47. The summed E-state index contributed by atoms with van der Waals surface area (Å²) in [6.45, 7) is 1.72. The Kier molecular flexibility index (Phi) is 4.39. The Labute approximate surface area is 134 Å². The van der Waals surface area contributed by atoms with Gasteiger partial charge in [0.15, 0.2) is 10.8 Å². The molecule has 0 saturated heterocycles. The molecule has 3 heterocycles. The maximum Gasteiger partial charge on any atom is 0.228 e. The zero-order valence-corrected chi connectivity index (χ0v) is 13.8. The van der Waals surface area contributed by atoms with Crippen LogP contribution in [0.3, 0.4) is 0 Å². The number of aryl methyl sites for hydroxylation is 1. The number of hydrogen-bond donors (Lipinski definition) is 1. The molecule has 0 spiro atoms. The van der Waals surface area contributed by atoms with Crippen molar-refractivity contribution in [1.29, 1.82) is 0 Å². The molecular weight excluding hydrogens is 354 g/mol. The summed E-state index contributed by atoms with van der Waals surface area (Å²) in [7, 11) is 0. The third-order valence-corrected chi connectivity index (χ3v) is 4.03. The first kappa shape index (κ1) is 14.3. The lowest BCUT2D eigenvalue weighted by Gasteiger charge is -2.08. The monoisotopic (exact) mass is 367 g/mol. The number of nitrogens with one attached hydrogen (secondary N) is 1. The van der Waals surface area contributed by atoms with Gasteiger partial charge in [-0.05, 0) is 28.6 Å². The summed E-state index contributed by atoms with van der Waals surface area (Å²) >= 11 is 4.96. The first-order valence-electron chi connectivity index (χ1n) is 6.43. The van der Waals surface area contributed by atoms with E-state index in [4.69, 9.17) is 0 Å². The van der Waals surface area contributed by atoms with Gasteiger partial charge in [-0.15, -0.1) is 0 Å². The molecule has 0 fully saturated rings. The minimum Gasteiger partial charge on any atom is -0.354 e. The molecule has 0 atom stereocenters. The van der Waals surface area contributed by atoms with Gasteiger partial charge < -0.3 is 9.88 Å². The van der Waals surface area contributed by atoms with E-state index in [0.29, 0.717) is 5.95 Å². The van der Waals surface area contributed by atoms with Crippen LogP contribution in [0.5, 0.6) is 0 Å². The lowest BCUT2D eigenvalue weighted by molar-refractivity contribution is 0.656. The van der Waals surface area contributed by atoms with Gasteiger partial charge in [-0.2, -0.15) is 14.6 Å². The number of anilines is 1. The predicted molar refractivity (Wildman–Crippen MR) is 85.6 cm³/mol. The van der Waals surface area contributed by atoms with E-state index in [1.54, 1.807) is 16.9 Å². The van der Waals surface area contributed by atoms with Crippen LogP contribution in [0.2, 0.25) is 0 Å². The standard InChI is InChI=1S/C12H14BrN7S/c1-21-12-17-10-9(13)7-16-20(10)11(18-12)15-3-2-5-19-6-4-14-8-19/h4,6-8H,2-3,5H2,1H3,(H,15,17,18). The zero-order chi connectivity index (χ0) is 14.7. The fourth-order valence-electron chi connectivity index (χ4n) is 1.92. The molecule has 9 heteroatoms. The molecule has 1 N–H and O–H groups in total. The van der Waals surface area contributed by atoms with E-state index in [9.17, 15) is 0 Å². The third-order valence-electron chi connectivity index (χ3n) is 2.92. The van der Waals surface area contributed by atoms with E-state index in [0.717, 1.165) is 34.8 Å². The van der Waals surface area contributed by atoms with E-state index in [1.807, 2.05) is 18.8 Å². The average Bonchev–Trinajstić information content (AvgIpc) is 3.14. The van der Waals surface area contributed by atoms with Gasteiger partial charge in [0.05, 0.1) is 17.0 Å². The predicted octanol–water partition coefficient (Wildman–Crippen LogP) is 2.31. The molecule has 110 valence electrons. The summed E-state index contributed by atoms with van der Waals surface area (Å²) in [5, 5.41) is 8.32. The fourth-order valence-corrected chi connectivity index (χ4v) is 2.62. The van der Waals surface area contributed by atoms with Gasteiger partial charge >= 0.3 is 0 Å². The van der Waals surface area contributed by atoms with E-state index < -0.39 is 0 Å². The van der Waals surface area contributed by atoms with Crippen LogP contribution in [0.4, 0.5) is 5.95 Å². The highest BCUT2D eigenvalue weighted by Crippen LogP contribution is 2.21. The first-order chi connectivity index (χ1) is 10.3. The van der Waals surface area contributed by atoms with Crippen molar-refractivity contribution in [2.75, 3.05) is 18.1 Å². The Bertz CT molecular complexity index is 725. The SMILES string of the molecule is CSc1nc(NCCCn2ccnc2)n2ncc(Br)c2n1. The van der Waals surface area contributed by atoms with Crippen LogP contribution in [-0.4, -0.2) is 41.9 Å². The van der Waals surface area contributed by atoms with Crippen molar-refractivity contribution in [2.45, 2.75) is 18.1 Å². The molecule has 3 aromatic rings. The van der Waals surface area contributed by atoms with Crippen molar-refractivity contribution < 1.29 is 0 Å². The molecular formula is C12H14BrN7S. The highest BCUT2D eigenvalue weighted by molar-refractivity contribution is 9.10. The van der Waals surface area contributed by atoms with E-state index in [1.165, 1.54) is 11.8 Å². The van der Waals surface area contributed by atoms with E-state index in [2.05, 4.69) is 45.9 Å². The molecule has 0 unspecified atom stereocenters. The number of fused-ring (bicyclic) bond motifs is 1. The molecule has 21 heavy (non-hydrogen) atoms. The summed E-state index contributed by atoms with van der Waals surface area (Å²) in [6, 6.07) is 0. The first-order valence-corrected chi connectivity index (χ1v) is 8.44. The number of nitrogens with zero attached hydrogens (tertiary/aromatic N) is 6. The van der Waals surface area contributed by atoms with Gasteiger partial charge in [0.2, 0.25) is 5.95 Å². The molecule has 0 aliphatic carbocycles. The van der Waals surface area contributed by atoms with Crippen LogP contribution in [0.15, 0.2) is 34.5 Å². The molecule has 0 radical (unpaired) electrons. The van der Waals surface area contributed by atoms with Crippen LogP contribution < -0.4 is 5.32 Å². The van der Waals surface area contributed by atoms with Gasteiger partial charge in [-0.3, -0.25) is 0 Å². The Morgan fingerprint density at radius 1 is 1.38 bits per heavy atom. The largest absolute Gasteiger partial charge is 0.354 e. The second-order valence-electron chi connectivity index (χ2n) is 4.34. The van der Waals surface area contributed by atoms with Crippen molar-refractivity contribution in [3.63, 3.8) is 0 Å². The molecule has 0 aliphatic heterocycles. The van der Waals surface area contributed by atoms with Gasteiger partial charge in [0.1, 0.15) is 0 Å². The molecule has 0 amide bonds. The molecule has 0 saturated carbocycles.